The fourth-order valence-corrected chi connectivity index (χ4v) is 3.93. The Hall–Kier alpha value is -0.940. The standard InChI is InChI=1S/C17H29FN4O2S.HI/c1-5-22(6-2)25(23,24)12-11-21-17(19-4)20-10-9-15-7-8-16(18)13-14(15)3;/h7-8,13H,5-6,9-12H2,1-4H3,(H2,19,20,21);1H. The van der Waals surface area contributed by atoms with Crippen LogP contribution in [-0.2, 0) is 16.4 Å². The molecule has 9 heteroatoms. The molecule has 6 nitrogen and oxygen atoms in total. The summed E-state index contributed by atoms with van der Waals surface area (Å²) in [5, 5.41) is 6.15. The van der Waals surface area contributed by atoms with Gasteiger partial charge >= 0.3 is 0 Å². The molecule has 0 unspecified atom stereocenters. The van der Waals surface area contributed by atoms with Crippen LogP contribution >= 0.6 is 24.0 Å². The van der Waals surface area contributed by atoms with Crippen molar-refractivity contribution in [3.8, 4) is 0 Å². The number of rotatable bonds is 9. The Labute approximate surface area is 173 Å². The number of halogens is 2. The van der Waals surface area contributed by atoms with Crippen LogP contribution in [0.3, 0.4) is 0 Å². The summed E-state index contributed by atoms with van der Waals surface area (Å²) in [6.45, 7) is 7.39. The molecule has 150 valence electrons. The second kappa shape index (κ2) is 12.4. The molecule has 2 N–H and O–H groups in total. The zero-order chi connectivity index (χ0) is 18.9. The van der Waals surface area contributed by atoms with Gasteiger partial charge in [0.15, 0.2) is 5.96 Å². The summed E-state index contributed by atoms with van der Waals surface area (Å²) in [5.74, 6) is 0.336. The number of hydrogen-bond acceptors (Lipinski definition) is 3. The Bertz CT molecular complexity index is 679. The van der Waals surface area contributed by atoms with Crippen molar-refractivity contribution in [1.82, 2.24) is 14.9 Å². The molecule has 26 heavy (non-hydrogen) atoms. The maximum atomic E-state index is 13.1. The van der Waals surface area contributed by atoms with Gasteiger partial charge in [-0.05, 0) is 36.6 Å². The van der Waals surface area contributed by atoms with Crippen LogP contribution in [0, 0.1) is 12.7 Å². The molecule has 0 atom stereocenters. The van der Waals surface area contributed by atoms with Crippen LogP contribution in [0.15, 0.2) is 23.2 Å². The van der Waals surface area contributed by atoms with Crippen molar-refractivity contribution in [2.75, 3.05) is 39.0 Å². The van der Waals surface area contributed by atoms with Gasteiger partial charge in [-0.25, -0.2) is 17.1 Å². The molecule has 0 aromatic heterocycles. The van der Waals surface area contributed by atoms with E-state index >= 15 is 0 Å². The largest absolute Gasteiger partial charge is 0.356 e. The van der Waals surface area contributed by atoms with Crippen LogP contribution in [0.2, 0.25) is 0 Å². The lowest BCUT2D eigenvalue weighted by Gasteiger charge is -2.19. The molecule has 1 aromatic rings. The van der Waals surface area contributed by atoms with E-state index in [4.69, 9.17) is 0 Å². The van der Waals surface area contributed by atoms with Crippen LogP contribution in [0.25, 0.3) is 0 Å². The number of aryl methyl sites for hydroxylation is 1. The SMILES string of the molecule is CCN(CC)S(=O)(=O)CCNC(=NC)NCCc1ccc(F)cc1C.I. The molecular weight excluding hydrogens is 470 g/mol. The zero-order valence-electron chi connectivity index (χ0n) is 15.9. The highest BCUT2D eigenvalue weighted by Gasteiger charge is 2.18. The number of aliphatic imine (C=N–C) groups is 1. The minimum Gasteiger partial charge on any atom is -0.356 e. The number of nitrogens with zero attached hydrogens (tertiary/aromatic N) is 2. The van der Waals surface area contributed by atoms with Gasteiger partial charge in [0.1, 0.15) is 5.82 Å². The zero-order valence-corrected chi connectivity index (χ0v) is 19.0. The summed E-state index contributed by atoms with van der Waals surface area (Å²) in [6.07, 6.45) is 0.727. The number of hydrogen-bond donors (Lipinski definition) is 2. The van der Waals surface area contributed by atoms with Crippen molar-refractivity contribution in [3.05, 3.63) is 35.1 Å². The summed E-state index contributed by atoms with van der Waals surface area (Å²) in [6, 6.07) is 4.74. The van der Waals surface area contributed by atoms with E-state index in [9.17, 15) is 12.8 Å². The fraction of sp³-hybridized carbons (Fsp3) is 0.588. The molecule has 0 aliphatic rings. The van der Waals surface area contributed by atoms with Gasteiger partial charge < -0.3 is 10.6 Å². The Morgan fingerprint density at radius 1 is 1.19 bits per heavy atom. The third kappa shape index (κ3) is 8.17. The first kappa shape index (κ1) is 25.1. The maximum Gasteiger partial charge on any atom is 0.215 e. The van der Waals surface area contributed by atoms with Gasteiger partial charge in [0.25, 0.3) is 0 Å². The fourth-order valence-electron chi connectivity index (χ4n) is 2.52. The first-order valence-corrected chi connectivity index (χ1v) is 10.1. The smallest absolute Gasteiger partial charge is 0.215 e. The minimum absolute atomic E-state index is 0. The normalized spacial score (nSPS) is 12.0. The predicted molar refractivity (Wildman–Crippen MR) is 116 cm³/mol. The van der Waals surface area contributed by atoms with Gasteiger partial charge in [-0.15, -0.1) is 24.0 Å². The minimum atomic E-state index is -3.25. The Balaban J connectivity index is 0.00000625. The van der Waals surface area contributed by atoms with Crippen molar-refractivity contribution in [2.24, 2.45) is 4.99 Å². The quantitative estimate of drug-likeness (QED) is 0.310. The molecule has 0 radical (unpaired) electrons. The molecule has 0 bridgehead atoms. The van der Waals surface area contributed by atoms with Crippen LogP contribution in [0.1, 0.15) is 25.0 Å². The van der Waals surface area contributed by atoms with Gasteiger partial charge in [0, 0.05) is 33.2 Å². The Kier molecular flexibility index (Phi) is 12.0. The molecule has 0 amide bonds. The topological polar surface area (TPSA) is 73.8 Å². The van der Waals surface area contributed by atoms with E-state index in [0.29, 0.717) is 25.6 Å². The summed E-state index contributed by atoms with van der Waals surface area (Å²) >= 11 is 0. The van der Waals surface area contributed by atoms with Crippen molar-refractivity contribution in [2.45, 2.75) is 27.2 Å². The van der Waals surface area contributed by atoms with Crippen LogP contribution in [0.5, 0.6) is 0 Å². The summed E-state index contributed by atoms with van der Waals surface area (Å²) < 4.78 is 38.8. The van der Waals surface area contributed by atoms with Crippen molar-refractivity contribution in [1.29, 1.82) is 0 Å². The first-order chi connectivity index (χ1) is 11.8. The van der Waals surface area contributed by atoms with Gasteiger partial charge in [-0.3, -0.25) is 4.99 Å². The van der Waals surface area contributed by atoms with Crippen molar-refractivity contribution >= 4 is 40.0 Å². The molecule has 0 saturated heterocycles. The molecule has 0 aliphatic carbocycles. The highest BCUT2D eigenvalue weighted by molar-refractivity contribution is 14.0. The van der Waals surface area contributed by atoms with E-state index in [-0.39, 0.29) is 42.1 Å². The number of sulfonamides is 1. The first-order valence-electron chi connectivity index (χ1n) is 8.51. The third-order valence-corrected chi connectivity index (χ3v) is 5.99. The van der Waals surface area contributed by atoms with Crippen LogP contribution < -0.4 is 10.6 Å². The van der Waals surface area contributed by atoms with E-state index in [1.807, 2.05) is 20.8 Å². The van der Waals surface area contributed by atoms with Crippen LogP contribution in [0.4, 0.5) is 4.39 Å². The van der Waals surface area contributed by atoms with E-state index in [1.165, 1.54) is 16.4 Å². The number of benzene rings is 1. The Morgan fingerprint density at radius 3 is 2.35 bits per heavy atom. The predicted octanol–water partition coefficient (Wildman–Crippen LogP) is 2.13. The molecule has 0 spiro atoms. The molecule has 0 fully saturated rings. The summed E-state index contributed by atoms with van der Waals surface area (Å²) in [5.41, 5.74) is 1.98. The van der Waals surface area contributed by atoms with Gasteiger partial charge in [0.2, 0.25) is 10.0 Å². The average molecular weight is 500 g/mol. The van der Waals surface area contributed by atoms with E-state index in [1.54, 1.807) is 13.1 Å². The molecule has 1 aromatic carbocycles. The lowest BCUT2D eigenvalue weighted by Crippen LogP contribution is -2.42. The van der Waals surface area contributed by atoms with Crippen molar-refractivity contribution < 1.29 is 12.8 Å². The number of nitrogens with one attached hydrogen (secondary N) is 2. The van der Waals surface area contributed by atoms with Gasteiger partial charge in [0.05, 0.1) is 5.75 Å². The second-order valence-corrected chi connectivity index (χ2v) is 7.74. The maximum absolute atomic E-state index is 13.1. The number of guanidine groups is 1. The van der Waals surface area contributed by atoms with Crippen molar-refractivity contribution in [3.63, 3.8) is 0 Å². The van der Waals surface area contributed by atoms with E-state index < -0.39 is 10.0 Å². The van der Waals surface area contributed by atoms with E-state index in [0.717, 1.165) is 17.5 Å². The Morgan fingerprint density at radius 2 is 1.81 bits per heavy atom. The molecule has 0 aliphatic heterocycles. The molecule has 1 rings (SSSR count). The highest BCUT2D eigenvalue weighted by Crippen LogP contribution is 2.10. The monoisotopic (exact) mass is 500 g/mol. The average Bonchev–Trinajstić information content (AvgIpc) is 2.56. The highest BCUT2D eigenvalue weighted by atomic mass is 127. The van der Waals surface area contributed by atoms with Crippen LogP contribution in [-0.4, -0.2) is 57.7 Å². The van der Waals surface area contributed by atoms with Gasteiger partial charge in [-0.2, -0.15) is 0 Å². The molecular formula is C17H30FIN4O2S. The summed E-state index contributed by atoms with van der Waals surface area (Å²) in [7, 11) is -1.61. The van der Waals surface area contributed by atoms with Gasteiger partial charge in [-0.1, -0.05) is 19.9 Å². The lowest BCUT2D eigenvalue weighted by atomic mass is 10.1. The van der Waals surface area contributed by atoms with E-state index in [2.05, 4.69) is 15.6 Å². The lowest BCUT2D eigenvalue weighted by molar-refractivity contribution is 0.445. The molecule has 0 saturated carbocycles. The summed E-state index contributed by atoms with van der Waals surface area (Å²) in [4.78, 5) is 4.09. The molecule has 0 heterocycles. The second-order valence-electron chi connectivity index (χ2n) is 5.65. The third-order valence-electron chi connectivity index (χ3n) is 3.97.